The number of ether oxygens (including phenoxy) is 1. The average Bonchev–Trinajstić information content (AvgIpc) is 2.83. The topological polar surface area (TPSA) is 109 Å². The summed E-state index contributed by atoms with van der Waals surface area (Å²) in [5.41, 5.74) is 3.01. The normalized spacial score (nSPS) is 17.4. The van der Waals surface area contributed by atoms with E-state index in [0.717, 1.165) is 0 Å². The molecular weight excluding hydrogens is 266 g/mol. The molecule has 1 fully saturated rings. The first-order valence-corrected chi connectivity index (χ1v) is 6.17. The highest BCUT2D eigenvalue weighted by Crippen LogP contribution is 2.11. The molecule has 1 aliphatic heterocycles. The number of morpholine rings is 1. The number of carboxylic acid groups (broad SMARTS) is 1. The van der Waals surface area contributed by atoms with Crippen molar-refractivity contribution in [2.75, 3.05) is 26.3 Å². The number of hydrazine groups is 1. The molecule has 0 aromatic carbocycles. The summed E-state index contributed by atoms with van der Waals surface area (Å²) in [5.74, 6) is -1.14. The van der Waals surface area contributed by atoms with Gasteiger partial charge in [0, 0.05) is 31.9 Å². The number of aliphatic carboxylic acids is 1. The number of aromatic nitrogens is 2. The Balaban J connectivity index is 1.94. The van der Waals surface area contributed by atoms with Gasteiger partial charge in [-0.3, -0.25) is 10.1 Å². The summed E-state index contributed by atoms with van der Waals surface area (Å²) in [5, 5.41) is 17.2. The monoisotopic (exact) mass is 283 g/mol. The van der Waals surface area contributed by atoms with Crippen molar-refractivity contribution in [3.8, 4) is 0 Å². The van der Waals surface area contributed by atoms with E-state index < -0.39 is 18.0 Å². The lowest BCUT2D eigenvalue weighted by Gasteiger charge is -2.27. The number of hydrogen-bond acceptors (Lipinski definition) is 5. The first-order chi connectivity index (χ1) is 9.56. The van der Waals surface area contributed by atoms with E-state index in [1.165, 1.54) is 10.9 Å². The minimum atomic E-state index is -1.14. The van der Waals surface area contributed by atoms with Crippen LogP contribution in [0.2, 0.25) is 0 Å². The van der Waals surface area contributed by atoms with Crippen molar-refractivity contribution in [1.82, 2.24) is 25.5 Å². The number of aryl methyl sites for hydroxylation is 1. The highest BCUT2D eigenvalue weighted by atomic mass is 16.5. The van der Waals surface area contributed by atoms with Gasteiger partial charge in [-0.15, -0.1) is 0 Å². The molecule has 0 radical (unpaired) electrons. The van der Waals surface area contributed by atoms with Crippen LogP contribution in [0.3, 0.4) is 0 Å². The lowest BCUT2D eigenvalue weighted by molar-refractivity contribution is -0.139. The molecule has 1 aliphatic rings. The Morgan fingerprint density at radius 2 is 2.15 bits per heavy atom. The van der Waals surface area contributed by atoms with Crippen molar-refractivity contribution in [2.45, 2.75) is 6.04 Å². The lowest BCUT2D eigenvalue weighted by Crippen LogP contribution is -2.52. The number of carboxylic acids is 1. The van der Waals surface area contributed by atoms with Crippen molar-refractivity contribution in [3.05, 3.63) is 18.0 Å². The highest BCUT2D eigenvalue weighted by molar-refractivity contribution is 5.83. The van der Waals surface area contributed by atoms with Crippen molar-refractivity contribution < 1.29 is 19.4 Å². The number of amides is 2. The van der Waals surface area contributed by atoms with Crippen molar-refractivity contribution >= 4 is 12.0 Å². The standard InChI is InChI=1S/C11H17N5O4/c1-15-7-8(6-12-15)9(10(17)18)13-11(19)14-16-2-4-20-5-3-16/h6-7,9H,2-5H2,1H3,(H,17,18)(H2,13,14,19). The molecular formula is C11H17N5O4. The second-order valence-corrected chi connectivity index (χ2v) is 4.40. The maximum absolute atomic E-state index is 11.8. The molecule has 1 aromatic heterocycles. The second-order valence-electron chi connectivity index (χ2n) is 4.40. The first kappa shape index (κ1) is 14.3. The molecule has 1 unspecified atom stereocenters. The van der Waals surface area contributed by atoms with Crippen LogP contribution in [0.5, 0.6) is 0 Å². The third kappa shape index (κ3) is 3.68. The molecule has 3 N–H and O–H groups in total. The Labute approximate surface area is 115 Å². The molecule has 9 nitrogen and oxygen atoms in total. The predicted octanol–water partition coefficient (Wildman–Crippen LogP) is -0.908. The zero-order valence-electron chi connectivity index (χ0n) is 11.1. The number of carbonyl (C=O) groups excluding carboxylic acids is 1. The molecule has 110 valence electrons. The molecule has 9 heteroatoms. The maximum Gasteiger partial charge on any atom is 0.331 e. The van der Waals surface area contributed by atoms with Crippen molar-refractivity contribution in [3.63, 3.8) is 0 Å². The van der Waals surface area contributed by atoms with Crippen LogP contribution in [0.15, 0.2) is 12.4 Å². The van der Waals surface area contributed by atoms with Gasteiger partial charge in [0.2, 0.25) is 0 Å². The largest absolute Gasteiger partial charge is 0.479 e. The molecule has 0 spiro atoms. The summed E-state index contributed by atoms with van der Waals surface area (Å²) in [7, 11) is 1.68. The SMILES string of the molecule is Cn1cc(C(NC(=O)NN2CCOCC2)C(=O)O)cn1. The van der Waals surface area contributed by atoms with Gasteiger partial charge in [-0.25, -0.2) is 14.6 Å². The Morgan fingerprint density at radius 1 is 1.45 bits per heavy atom. The Kier molecular flexibility index (Phi) is 4.53. The lowest BCUT2D eigenvalue weighted by atomic mass is 10.2. The third-order valence-corrected chi connectivity index (χ3v) is 2.85. The average molecular weight is 283 g/mol. The van der Waals surface area contributed by atoms with E-state index >= 15 is 0 Å². The number of rotatable bonds is 4. The maximum atomic E-state index is 11.8. The van der Waals surface area contributed by atoms with Gasteiger partial charge in [0.25, 0.3) is 0 Å². The van der Waals surface area contributed by atoms with E-state index in [2.05, 4.69) is 15.8 Å². The first-order valence-electron chi connectivity index (χ1n) is 6.17. The Hall–Kier alpha value is -2.13. The number of nitrogens with one attached hydrogen (secondary N) is 2. The van der Waals surface area contributed by atoms with Crippen LogP contribution in [-0.2, 0) is 16.6 Å². The van der Waals surface area contributed by atoms with Gasteiger partial charge in [-0.2, -0.15) is 5.10 Å². The summed E-state index contributed by atoms with van der Waals surface area (Å²) in [4.78, 5) is 23.0. The summed E-state index contributed by atoms with van der Waals surface area (Å²) in [6, 6.07) is -1.70. The van der Waals surface area contributed by atoms with Gasteiger partial charge in [0.05, 0.1) is 19.4 Å². The van der Waals surface area contributed by atoms with E-state index in [0.29, 0.717) is 31.9 Å². The molecule has 1 saturated heterocycles. The summed E-state index contributed by atoms with van der Waals surface area (Å²) in [6.07, 6.45) is 2.96. The van der Waals surface area contributed by atoms with Gasteiger partial charge >= 0.3 is 12.0 Å². The summed E-state index contributed by atoms with van der Waals surface area (Å²) in [6.45, 7) is 2.20. The van der Waals surface area contributed by atoms with Crippen molar-refractivity contribution in [1.29, 1.82) is 0 Å². The molecule has 1 atom stereocenters. The smallest absolute Gasteiger partial charge is 0.331 e. The van der Waals surface area contributed by atoms with Crippen molar-refractivity contribution in [2.24, 2.45) is 7.05 Å². The van der Waals surface area contributed by atoms with Crippen LogP contribution in [-0.4, -0.2) is 58.2 Å². The zero-order chi connectivity index (χ0) is 14.5. The Bertz CT molecular complexity index is 483. The minimum Gasteiger partial charge on any atom is -0.479 e. The highest BCUT2D eigenvalue weighted by Gasteiger charge is 2.24. The van der Waals surface area contributed by atoms with E-state index in [1.807, 2.05) is 0 Å². The molecule has 1 aromatic rings. The van der Waals surface area contributed by atoms with Gasteiger partial charge in [0.15, 0.2) is 6.04 Å². The fraction of sp³-hybridized carbons (Fsp3) is 0.545. The van der Waals surface area contributed by atoms with Crippen LogP contribution >= 0.6 is 0 Å². The fourth-order valence-electron chi connectivity index (χ4n) is 1.86. The van der Waals surface area contributed by atoms with Gasteiger partial charge < -0.3 is 15.2 Å². The molecule has 0 bridgehead atoms. The van der Waals surface area contributed by atoms with E-state index in [9.17, 15) is 14.7 Å². The zero-order valence-corrected chi connectivity index (χ0v) is 11.1. The van der Waals surface area contributed by atoms with Crippen LogP contribution in [0.1, 0.15) is 11.6 Å². The third-order valence-electron chi connectivity index (χ3n) is 2.85. The number of nitrogens with zero attached hydrogens (tertiary/aromatic N) is 3. The van der Waals surface area contributed by atoms with E-state index in [1.54, 1.807) is 18.3 Å². The Morgan fingerprint density at radius 3 is 2.70 bits per heavy atom. The number of urea groups is 1. The molecule has 0 saturated carbocycles. The van der Waals surface area contributed by atoms with Gasteiger partial charge in [-0.1, -0.05) is 0 Å². The summed E-state index contributed by atoms with van der Waals surface area (Å²) < 4.78 is 6.63. The van der Waals surface area contributed by atoms with E-state index in [-0.39, 0.29) is 0 Å². The number of carbonyl (C=O) groups is 2. The fourth-order valence-corrected chi connectivity index (χ4v) is 1.86. The van der Waals surface area contributed by atoms with Gasteiger partial charge in [-0.05, 0) is 0 Å². The van der Waals surface area contributed by atoms with Crippen LogP contribution in [0, 0.1) is 0 Å². The number of hydrogen-bond donors (Lipinski definition) is 3. The molecule has 2 rings (SSSR count). The summed E-state index contributed by atoms with van der Waals surface area (Å²) >= 11 is 0. The molecule has 20 heavy (non-hydrogen) atoms. The van der Waals surface area contributed by atoms with Crippen LogP contribution in [0.4, 0.5) is 4.79 Å². The van der Waals surface area contributed by atoms with Gasteiger partial charge in [0.1, 0.15) is 0 Å². The van der Waals surface area contributed by atoms with E-state index in [4.69, 9.17) is 4.74 Å². The minimum absolute atomic E-state index is 0.414. The van der Waals surface area contributed by atoms with Crippen LogP contribution < -0.4 is 10.7 Å². The second kappa shape index (κ2) is 6.35. The molecule has 2 heterocycles. The molecule has 2 amide bonds. The molecule has 0 aliphatic carbocycles. The quantitative estimate of drug-likeness (QED) is 0.660. The predicted molar refractivity (Wildman–Crippen MR) is 67.6 cm³/mol. The van der Waals surface area contributed by atoms with Crippen LogP contribution in [0.25, 0.3) is 0 Å².